The predicted molar refractivity (Wildman–Crippen MR) is 62.9 cm³/mol. The molecule has 1 atom stereocenters. The second kappa shape index (κ2) is 4.89. The molecular formula is C11H22O2Si. The molecule has 0 rings (SSSR count). The molecule has 0 aromatic carbocycles. The van der Waals surface area contributed by atoms with Crippen LogP contribution in [0.2, 0.25) is 18.1 Å². The first-order valence-corrected chi connectivity index (χ1v) is 7.89. The minimum Gasteiger partial charge on any atom is -0.410 e. The van der Waals surface area contributed by atoms with E-state index in [1.807, 2.05) is 0 Å². The maximum absolute atomic E-state index is 10.4. The predicted octanol–water partition coefficient (Wildman–Crippen LogP) is 3.15. The standard InChI is InChI=1S/C11H22O2Si/c1-7-10(8-9-12)13-14(5,6)11(2,3)4/h7,9-10H,1,8H2,2-6H3. The average molecular weight is 214 g/mol. The Morgan fingerprint density at radius 2 is 1.93 bits per heavy atom. The lowest BCUT2D eigenvalue weighted by molar-refractivity contribution is -0.108. The highest BCUT2D eigenvalue weighted by atomic mass is 28.4. The molecule has 0 heterocycles. The summed E-state index contributed by atoms with van der Waals surface area (Å²) < 4.78 is 5.98. The SMILES string of the molecule is C=CC(CC=O)O[Si](C)(C)C(C)(C)C. The molecule has 0 amide bonds. The van der Waals surface area contributed by atoms with Gasteiger partial charge in [-0.25, -0.2) is 0 Å². The van der Waals surface area contributed by atoms with Gasteiger partial charge in [0.05, 0.1) is 6.10 Å². The summed E-state index contributed by atoms with van der Waals surface area (Å²) >= 11 is 0. The van der Waals surface area contributed by atoms with Gasteiger partial charge in [-0.05, 0) is 18.1 Å². The van der Waals surface area contributed by atoms with Crippen LogP contribution >= 0.6 is 0 Å². The summed E-state index contributed by atoms with van der Waals surface area (Å²) in [6.45, 7) is 14.6. The van der Waals surface area contributed by atoms with E-state index in [9.17, 15) is 4.79 Å². The Hall–Kier alpha value is -0.413. The Morgan fingerprint density at radius 3 is 2.21 bits per heavy atom. The van der Waals surface area contributed by atoms with Crippen molar-refractivity contribution in [2.24, 2.45) is 0 Å². The second-order valence-corrected chi connectivity index (χ2v) is 9.81. The van der Waals surface area contributed by atoms with E-state index >= 15 is 0 Å². The van der Waals surface area contributed by atoms with Gasteiger partial charge in [0.1, 0.15) is 6.29 Å². The van der Waals surface area contributed by atoms with Crippen LogP contribution in [0.1, 0.15) is 27.2 Å². The molecule has 0 aliphatic heterocycles. The fourth-order valence-corrected chi connectivity index (χ4v) is 2.15. The van der Waals surface area contributed by atoms with E-state index in [2.05, 4.69) is 40.4 Å². The Balaban J connectivity index is 4.46. The lowest BCUT2D eigenvalue weighted by Gasteiger charge is -2.38. The van der Waals surface area contributed by atoms with Crippen molar-refractivity contribution in [2.45, 2.75) is 51.4 Å². The first kappa shape index (κ1) is 13.6. The lowest BCUT2D eigenvalue weighted by atomic mass is 10.2. The van der Waals surface area contributed by atoms with E-state index < -0.39 is 8.32 Å². The molecule has 2 nitrogen and oxygen atoms in total. The van der Waals surface area contributed by atoms with Crippen LogP contribution < -0.4 is 0 Å². The minimum atomic E-state index is -1.76. The molecule has 0 saturated heterocycles. The van der Waals surface area contributed by atoms with E-state index in [1.54, 1.807) is 6.08 Å². The van der Waals surface area contributed by atoms with Crippen LogP contribution in [-0.2, 0) is 9.22 Å². The Bertz CT molecular complexity index is 204. The minimum absolute atomic E-state index is 0.117. The number of hydrogen-bond donors (Lipinski definition) is 0. The van der Waals surface area contributed by atoms with Crippen molar-refractivity contribution >= 4 is 14.6 Å². The van der Waals surface area contributed by atoms with Crippen LogP contribution in [0.25, 0.3) is 0 Å². The first-order chi connectivity index (χ1) is 6.24. The van der Waals surface area contributed by atoms with Crippen LogP contribution in [0.15, 0.2) is 12.7 Å². The fraction of sp³-hybridized carbons (Fsp3) is 0.727. The van der Waals surface area contributed by atoms with Gasteiger partial charge in [0.2, 0.25) is 0 Å². The summed E-state index contributed by atoms with van der Waals surface area (Å²) in [7, 11) is -1.76. The third kappa shape index (κ3) is 3.76. The number of carbonyl (C=O) groups is 1. The van der Waals surface area contributed by atoms with Crippen LogP contribution in [0.5, 0.6) is 0 Å². The smallest absolute Gasteiger partial charge is 0.192 e. The molecule has 0 aliphatic rings. The van der Waals surface area contributed by atoms with E-state index in [0.717, 1.165) is 6.29 Å². The summed E-state index contributed by atoms with van der Waals surface area (Å²) in [5.41, 5.74) is 0. The Kier molecular flexibility index (Phi) is 4.75. The van der Waals surface area contributed by atoms with Crippen LogP contribution in [0, 0.1) is 0 Å². The zero-order chi connectivity index (χ0) is 11.4. The maximum Gasteiger partial charge on any atom is 0.192 e. The molecule has 0 aromatic rings. The third-order valence-electron chi connectivity index (χ3n) is 2.84. The highest BCUT2D eigenvalue weighted by Crippen LogP contribution is 2.37. The highest BCUT2D eigenvalue weighted by Gasteiger charge is 2.38. The molecule has 14 heavy (non-hydrogen) atoms. The van der Waals surface area contributed by atoms with Crippen molar-refractivity contribution in [1.29, 1.82) is 0 Å². The molecule has 1 unspecified atom stereocenters. The molecule has 3 heteroatoms. The summed E-state index contributed by atoms with van der Waals surface area (Å²) in [4.78, 5) is 10.4. The summed E-state index contributed by atoms with van der Waals surface area (Å²) in [5.74, 6) is 0. The van der Waals surface area contributed by atoms with Crippen molar-refractivity contribution in [2.75, 3.05) is 0 Å². The molecule has 0 radical (unpaired) electrons. The number of aldehydes is 1. The van der Waals surface area contributed by atoms with Crippen molar-refractivity contribution < 1.29 is 9.22 Å². The first-order valence-electron chi connectivity index (χ1n) is 4.98. The Labute approximate surface area is 88.5 Å². The van der Waals surface area contributed by atoms with Gasteiger partial charge in [-0.1, -0.05) is 26.8 Å². The second-order valence-electron chi connectivity index (χ2n) is 5.05. The van der Waals surface area contributed by atoms with Gasteiger partial charge in [-0.3, -0.25) is 0 Å². The topological polar surface area (TPSA) is 26.3 Å². The van der Waals surface area contributed by atoms with Crippen LogP contribution in [-0.4, -0.2) is 20.7 Å². The molecule has 0 aliphatic carbocycles. The largest absolute Gasteiger partial charge is 0.410 e. The molecule has 0 N–H and O–H groups in total. The Morgan fingerprint density at radius 1 is 1.43 bits per heavy atom. The van der Waals surface area contributed by atoms with E-state index in [0.29, 0.717) is 6.42 Å². The molecular weight excluding hydrogens is 192 g/mol. The van der Waals surface area contributed by atoms with Gasteiger partial charge in [-0.2, -0.15) is 0 Å². The zero-order valence-corrected chi connectivity index (χ0v) is 11.0. The molecule has 0 spiro atoms. The van der Waals surface area contributed by atoms with Crippen molar-refractivity contribution in [1.82, 2.24) is 0 Å². The lowest BCUT2D eigenvalue weighted by Crippen LogP contribution is -2.43. The average Bonchev–Trinajstić information content (AvgIpc) is 2.01. The number of carbonyl (C=O) groups excluding carboxylic acids is 1. The molecule has 0 bridgehead atoms. The van der Waals surface area contributed by atoms with Crippen LogP contribution in [0.3, 0.4) is 0 Å². The van der Waals surface area contributed by atoms with Crippen LogP contribution in [0.4, 0.5) is 0 Å². The van der Waals surface area contributed by atoms with Crippen molar-refractivity contribution in [3.05, 3.63) is 12.7 Å². The number of hydrogen-bond acceptors (Lipinski definition) is 2. The van der Waals surface area contributed by atoms with Gasteiger partial charge < -0.3 is 9.22 Å². The third-order valence-corrected chi connectivity index (χ3v) is 7.35. The highest BCUT2D eigenvalue weighted by molar-refractivity contribution is 6.74. The number of rotatable bonds is 5. The van der Waals surface area contributed by atoms with E-state index in [4.69, 9.17) is 4.43 Å². The van der Waals surface area contributed by atoms with Gasteiger partial charge in [0, 0.05) is 6.42 Å². The van der Waals surface area contributed by atoms with Crippen molar-refractivity contribution in [3.63, 3.8) is 0 Å². The molecule has 0 aromatic heterocycles. The molecule has 82 valence electrons. The normalized spacial score (nSPS) is 14.9. The zero-order valence-electron chi connectivity index (χ0n) is 9.96. The molecule has 0 saturated carbocycles. The van der Waals surface area contributed by atoms with Gasteiger partial charge in [0.15, 0.2) is 8.32 Å². The van der Waals surface area contributed by atoms with Crippen molar-refractivity contribution in [3.8, 4) is 0 Å². The molecule has 0 fully saturated rings. The summed E-state index contributed by atoms with van der Waals surface area (Å²) in [6.07, 6.45) is 2.90. The maximum atomic E-state index is 10.4. The van der Waals surface area contributed by atoms with Gasteiger partial charge >= 0.3 is 0 Å². The summed E-state index contributed by atoms with van der Waals surface area (Å²) in [6, 6.07) is 0. The van der Waals surface area contributed by atoms with Gasteiger partial charge in [0.25, 0.3) is 0 Å². The van der Waals surface area contributed by atoms with Gasteiger partial charge in [-0.15, -0.1) is 6.58 Å². The fourth-order valence-electron chi connectivity index (χ4n) is 0.843. The monoisotopic (exact) mass is 214 g/mol. The summed E-state index contributed by atoms with van der Waals surface area (Å²) in [5, 5.41) is 0.178. The van der Waals surface area contributed by atoms with E-state index in [-0.39, 0.29) is 11.1 Å². The van der Waals surface area contributed by atoms with E-state index in [1.165, 1.54) is 0 Å². The quantitative estimate of drug-likeness (QED) is 0.399.